The zero-order valence-corrected chi connectivity index (χ0v) is 21.3. The number of benzene rings is 2. The van der Waals surface area contributed by atoms with E-state index < -0.39 is 0 Å². The molecule has 3 heterocycles. The molecule has 1 saturated heterocycles. The van der Waals surface area contributed by atoms with Crippen LogP contribution in [0.15, 0.2) is 58.5 Å². The van der Waals surface area contributed by atoms with Gasteiger partial charge in [-0.1, -0.05) is 0 Å². The Morgan fingerprint density at radius 1 is 0.639 bits per heavy atom. The molecule has 2 aromatic carbocycles. The van der Waals surface area contributed by atoms with Crippen LogP contribution in [0, 0.1) is 0 Å². The van der Waals surface area contributed by atoms with Gasteiger partial charge in [-0.05, 0) is 48.5 Å². The Balaban J connectivity index is 0.00000180. The maximum absolute atomic E-state index is 12.7. The second-order valence-electron chi connectivity index (χ2n) is 8.30. The molecule has 3 aliphatic heterocycles. The number of nitrogens with one attached hydrogen (secondary N) is 4. The van der Waals surface area contributed by atoms with E-state index in [-0.39, 0.29) is 36.9 Å². The summed E-state index contributed by atoms with van der Waals surface area (Å²) in [4.78, 5) is 37.6. The lowest BCUT2D eigenvalue weighted by Gasteiger charge is -2.34. The smallest absolute Gasteiger partial charge is 0.321 e. The highest BCUT2D eigenvalue weighted by Crippen LogP contribution is 2.15. The third kappa shape index (κ3) is 6.38. The summed E-state index contributed by atoms with van der Waals surface area (Å²) in [6.07, 6.45) is 0. The molecular formula is C24H30Cl2N8O2. The van der Waals surface area contributed by atoms with E-state index in [0.29, 0.717) is 26.2 Å². The minimum atomic E-state index is -0.164. The Hall–Kier alpha value is -3.50. The zero-order valence-electron chi connectivity index (χ0n) is 19.7. The van der Waals surface area contributed by atoms with Crippen LogP contribution in [0.2, 0.25) is 0 Å². The van der Waals surface area contributed by atoms with Crippen molar-refractivity contribution in [3.8, 4) is 0 Å². The van der Waals surface area contributed by atoms with Crippen LogP contribution in [0.4, 0.5) is 21.0 Å². The molecule has 0 radical (unpaired) electrons. The van der Waals surface area contributed by atoms with Crippen LogP contribution in [0.3, 0.4) is 0 Å². The SMILES string of the molecule is Cl.Cl.O=C(Nc1ccc(C2=NCCN2)cc1)N1CCN(C(=O)Nc2ccc(C3=NCCN3)cc2)CC1. The van der Waals surface area contributed by atoms with E-state index in [0.717, 1.165) is 60.4 Å². The number of carbonyl (C=O) groups is 2. The van der Waals surface area contributed by atoms with Crippen LogP contribution >= 0.6 is 24.8 Å². The maximum Gasteiger partial charge on any atom is 0.321 e. The minimum Gasteiger partial charge on any atom is -0.368 e. The van der Waals surface area contributed by atoms with Crippen molar-refractivity contribution in [1.82, 2.24) is 20.4 Å². The number of halogens is 2. The fourth-order valence-electron chi connectivity index (χ4n) is 4.12. The summed E-state index contributed by atoms with van der Waals surface area (Å²) in [5.41, 5.74) is 3.48. The van der Waals surface area contributed by atoms with Gasteiger partial charge in [0.2, 0.25) is 0 Å². The van der Waals surface area contributed by atoms with Gasteiger partial charge in [0.1, 0.15) is 11.7 Å². The van der Waals surface area contributed by atoms with Crippen LogP contribution in [0.25, 0.3) is 0 Å². The number of aliphatic imine (C=N–C) groups is 2. The van der Waals surface area contributed by atoms with E-state index in [2.05, 4.69) is 31.3 Å². The first kappa shape index (κ1) is 27.1. The van der Waals surface area contributed by atoms with Crippen LogP contribution in [-0.4, -0.2) is 85.9 Å². The van der Waals surface area contributed by atoms with Crippen LogP contribution in [0.5, 0.6) is 0 Å². The van der Waals surface area contributed by atoms with Crippen molar-refractivity contribution in [3.63, 3.8) is 0 Å². The van der Waals surface area contributed by atoms with Crippen LogP contribution < -0.4 is 21.3 Å². The van der Waals surface area contributed by atoms with E-state index >= 15 is 0 Å². The fraction of sp³-hybridized carbons (Fsp3) is 0.333. The van der Waals surface area contributed by atoms with Crippen molar-refractivity contribution < 1.29 is 9.59 Å². The summed E-state index contributed by atoms with van der Waals surface area (Å²) in [5.74, 6) is 1.78. The van der Waals surface area contributed by atoms with Crippen LogP contribution in [-0.2, 0) is 0 Å². The molecule has 12 heteroatoms. The Morgan fingerprint density at radius 3 is 1.31 bits per heavy atom. The predicted octanol–water partition coefficient (Wildman–Crippen LogP) is 2.61. The van der Waals surface area contributed by atoms with E-state index in [1.165, 1.54) is 0 Å². The number of anilines is 2. The molecule has 1 fully saturated rings. The van der Waals surface area contributed by atoms with E-state index in [1.54, 1.807) is 9.80 Å². The van der Waals surface area contributed by atoms with Gasteiger partial charge in [0, 0.05) is 61.8 Å². The first-order valence-corrected chi connectivity index (χ1v) is 11.5. The Morgan fingerprint density at radius 2 is 1.00 bits per heavy atom. The molecule has 0 spiro atoms. The lowest BCUT2D eigenvalue weighted by atomic mass is 10.2. The van der Waals surface area contributed by atoms with Gasteiger partial charge in [-0.15, -0.1) is 24.8 Å². The van der Waals surface area contributed by atoms with E-state index in [4.69, 9.17) is 0 Å². The molecule has 0 aliphatic carbocycles. The third-order valence-corrected chi connectivity index (χ3v) is 6.02. The molecule has 0 aromatic heterocycles. The average Bonchev–Trinajstić information content (AvgIpc) is 3.60. The summed E-state index contributed by atoms with van der Waals surface area (Å²) in [5, 5.41) is 12.3. The number of urea groups is 2. The molecule has 0 unspecified atom stereocenters. The van der Waals surface area contributed by atoms with Crippen LogP contribution in [0.1, 0.15) is 11.1 Å². The zero-order chi connectivity index (χ0) is 23.3. The quantitative estimate of drug-likeness (QED) is 0.484. The van der Waals surface area contributed by atoms with E-state index in [9.17, 15) is 9.59 Å². The van der Waals surface area contributed by atoms with Gasteiger partial charge in [0.15, 0.2) is 0 Å². The van der Waals surface area contributed by atoms with Gasteiger partial charge >= 0.3 is 12.1 Å². The number of carbonyl (C=O) groups excluding carboxylic acids is 2. The monoisotopic (exact) mass is 532 g/mol. The largest absolute Gasteiger partial charge is 0.368 e. The molecule has 0 atom stereocenters. The van der Waals surface area contributed by atoms with Crippen molar-refractivity contribution in [2.75, 3.05) is 63.0 Å². The summed E-state index contributed by atoms with van der Waals surface area (Å²) in [7, 11) is 0. The third-order valence-electron chi connectivity index (χ3n) is 6.02. The molecule has 5 rings (SSSR count). The highest BCUT2D eigenvalue weighted by Gasteiger charge is 2.24. The Labute approximate surface area is 222 Å². The molecule has 2 aromatic rings. The fourth-order valence-corrected chi connectivity index (χ4v) is 4.12. The molecular weight excluding hydrogens is 503 g/mol. The second-order valence-corrected chi connectivity index (χ2v) is 8.30. The normalized spacial score (nSPS) is 16.4. The summed E-state index contributed by atoms with van der Waals surface area (Å²) >= 11 is 0. The van der Waals surface area contributed by atoms with Gasteiger partial charge in [-0.25, -0.2) is 9.59 Å². The lowest BCUT2D eigenvalue weighted by molar-refractivity contribution is 0.156. The van der Waals surface area contributed by atoms with Crippen molar-refractivity contribution >= 4 is 59.9 Å². The molecule has 4 amide bonds. The molecule has 0 saturated carbocycles. The Bertz CT molecular complexity index is 1020. The molecule has 192 valence electrons. The topological polar surface area (TPSA) is 113 Å². The number of amidine groups is 2. The summed E-state index contributed by atoms with van der Waals surface area (Å²) < 4.78 is 0. The standard InChI is InChI=1S/C24H28N8O2.2ClH/c33-23(29-19-5-1-17(2-6-19)21-25-9-10-26-21)31-13-15-32(16-14-31)24(34)30-20-7-3-18(4-8-20)22-27-11-12-28-22;;/h1-8H,9-16H2,(H,25,26)(H,27,28)(H,29,33)(H,30,34);2*1H. The van der Waals surface area contributed by atoms with Gasteiger partial charge in [-0.2, -0.15) is 0 Å². The number of hydrogen-bond acceptors (Lipinski definition) is 6. The summed E-state index contributed by atoms with van der Waals surface area (Å²) in [6.45, 7) is 5.20. The lowest BCUT2D eigenvalue weighted by Crippen LogP contribution is -2.52. The average molecular weight is 533 g/mol. The molecule has 36 heavy (non-hydrogen) atoms. The predicted molar refractivity (Wildman–Crippen MR) is 147 cm³/mol. The van der Waals surface area contributed by atoms with Crippen molar-refractivity contribution in [2.45, 2.75) is 0 Å². The maximum atomic E-state index is 12.7. The van der Waals surface area contributed by atoms with Gasteiger partial charge < -0.3 is 31.1 Å². The van der Waals surface area contributed by atoms with Gasteiger partial charge in [0.25, 0.3) is 0 Å². The minimum absolute atomic E-state index is 0. The number of rotatable bonds is 4. The summed E-state index contributed by atoms with van der Waals surface area (Å²) in [6, 6.07) is 14.9. The molecule has 10 nitrogen and oxygen atoms in total. The second kappa shape index (κ2) is 12.5. The first-order valence-electron chi connectivity index (χ1n) is 11.5. The van der Waals surface area contributed by atoms with Crippen molar-refractivity contribution in [2.24, 2.45) is 9.98 Å². The van der Waals surface area contributed by atoms with Gasteiger partial charge in [-0.3, -0.25) is 9.98 Å². The number of piperazine rings is 1. The van der Waals surface area contributed by atoms with E-state index in [1.807, 2.05) is 48.5 Å². The highest BCUT2D eigenvalue weighted by molar-refractivity contribution is 6.01. The van der Waals surface area contributed by atoms with Gasteiger partial charge in [0.05, 0.1) is 13.1 Å². The highest BCUT2D eigenvalue weighted by atomic mass is 35.5. The number of hydrogen-bond donors (Lipinski definition) is 4. The molecule has 0 bridgehead atoms. The van der Waals surface area contributed by atoms with Crippen molar-refractivity contribution in [3.05, 3.63) is 59.7 Å². The number of amides is 4. The Kier molecular flexibility index (Phi) is 9.38. The van der Waals surface area contributed by atoms with Crippen molar-refractivity contribution in [1.29, 1.82) is 0 Å². The molecule has 3 aliphatic rings. The first-order chi connectivity index (χ1) is 16.7. The number of nitrogens with zero attached hydrogens (tertiary/aromatic N) is 4. The molecule has 4 N–H and O–H groups in total.